The SMILES string of the molecule is O=c1c2nnc(CCNS(=O)(=O)c3c(F)cccc3F)n2ccn1C1CC1. The van der Waals surface area contributed by atoms with Gasteiger partial charge in [-0.2, -0.15) is 0 Å². The molecule has 4 rings (SSSR count). The molecule has 0 spiro atoms. The van der Waals surface area contributed by atoms with Crippen LogP contribution < -0.4 is 10.3 Å². The Balaban J connectivity index is 1.52. The summed E-state index contributed by atoms with van der Waals surface area (Å²) in [7, 11) is -4.37. The topological polar surface area (TPSA) is 98.4 Å². The van der Waals surface area contributed by atoms with E-state index in [-0.39, 0.29) is 30.2 Å². The molecule has 3 aromatic rings. The summed E-state index contributed by atoms with van der Waals surface area (Å²) in [6, 6.07) is 3.02. The molecular formula is C16H15F2N5O3S. The first-order valence-corrected chi connectivity index (χ1v) is 9.75. The first-order chi connectivity index (χ1) is 12.9. The first-order valence-electron chi connectivity index (χ1n) is 8.27. The van der Waals surface area contributed by atoms with E-state index >= 15 is 0 Å². The highest BCUT2D eigenvalue weighted by atomic mass is 32.2. The van der Waals surface area contributed by atoms with E-state index in [4.69, 9.17) is 0 Å². The molecular weight excluding hydrogens is 380 g/mol. The Bertz CT molecular complexity index is 1160. The molecule has 0 amide bonds. The molecule has 1 aromatic carbocycles. The Morgan fingerprint density at radius 2 is 1.85 bits per heavy atom. The van der Waals surface area contributed by atoms with Crippen molar-refractivity contribution in [3.8, 4) is 0 Å². The van der Waals surface area contributed by atoms with Crippen LogP contribution in [0.4, 0.5) is 8.78 Å². The third-order valence-electron chi connectivity index (χ3n) is 4.34. The van der Waals surface area contributed by atoms with Crippen molar-refractivity contribution in [2.24, 2.45) is 0 Å². The van der Waals surface area contributed by atoms with Gasteiger partial charge in [0.05, 0.1) is 0 Å². The van der Waals surface area contributed by atoms with Crippen LogP contribution in [0.15, 0.2) is 40.3 Å². The largest absolute Gasteiger partial charge is 0.308 e. The summed E-state index contributed by atoms with van der Waals surface area (Å²) in [4.78, 5) is 11.3. The van der Waals surface area contributed by atoms with E-state index < -0.39 is 26.6 Å². The van der Waals surface area contributed by atoms with Crippen molar-refractivity contribution in [2.75, 3.05) is 6.54 Å². The third kappa shape index (κ3) is 3.23. The van der Waals surface area contributed by atoms with Gasteiger partial charge >= 0.3 is 0 Å². The molecule has 27 heavy (non-hydrogen) atoms. The van der Waals surface area contributed by atoms with E-state index in [0.29, 0.717) is 5.82 Å². The van der Waals surface area contributed by atoms with E-state index in [1.54, 1.807) is 17.0 Å². The molecule has 0 bridgehead atoms. The maximum Gasteiger partial charge on any atom is 0.296 e. The van der Waals surface area contributed by atoms with Crippen LogP contribution in [-0.2, 0) is 16.4 Å². The van der Waals surface area contributed by atoms with Gasteiger partial charge in [-0.25, -0.2) is 21.9 Å². The Labute approximate surface area is 152 Å². The number of aromatic nitrogens is 4. The fraction of sp³-hybridized carbons (Fsp3) is 0.312. The molecule has 0 atom stereocenters. The Hall–Kier alpha value is -2.66. The minimum atomic E-state index is -4.37. The molecule has 1 N–H and O–H groups in total. The molecule has 8 nitrogen and oxygen atoms in total. The predicted molar refractivity (Wildman–Crippen MR) is 90.8 cm³/mol. The molecule has 1 fully saturated rings. The highest BCUT2D eigenvalue weighted by Gasteiger charge is 2.26. The molecule has 1 aliphatic carbocycles. The zero-order valence-corrected chi connectivity index (χ0v) is 14.8. The van der Waals surface area contributed by atoms with Crippen molar-refractivity contribution < 1.29 is 17.2 Å². The lowest BCUT2D eigenvalue weighted by Crippen LogP contribution is -2.28. The van der Waals surface area contributed by atoms with Gasteiger partial charge in [-0.3, -0.25) is 9.20 Å². The number of nitrogens with one attached hydrogen (secondary N) is 1. The molecule has 1 saturated carbocycles. The molecule has 142 valence electrons. The van der Waals surface area contributed by atoms with E-state index in [2.05, 4.69) is 14.9 Å². The summed E-state index contributed by atoms with van der Waals surface area (Å²) in [6.45, 7) is -0.164. The van der Waals surface area contributed by atoms with E-state index in [1.165, 1.54) is 4.40 Å². The number of sulfonamides is 1. The molecule has 11 heteroatoms. The van der Waals surface area contributed by atoms with E-state index in [9.17, 15) is 22.0 Å². The molecule has 0 radical (unpaired) electrons. The van der Waals surface area contributed by atoms with Crippen LogP contribution in [0.1, 0.15) is 24.7 Å². The highest BCUT2D eigenvalue weighted by molar-refractivity contribution is 7.89. The van der Waals surface area contributed by atoms with E-state index in [1.807, 2.05) is 0 Å². The Morgan fingerprint density at radius 3 is 2.52 bits per heavy atom. The maximum absolute atomic E-state index is 13.7. The van der Waals surface area contributed by atoms with Gasteiger partial charge in [0.25, 0.3) is 5.56 Å². The Kier molecular flexibility index (Phi) is 4.27. The maximum atomic E-state index is 13.7. The van der Waals surface area contributed by atoms with Crippen LogP contribution in [-0.4, -0.2) is 34.1 Å². The van der Waals surface area contributed by atoms with Crippen molar-refractivity contribution in [2.45, 2.75) is 30.2 Å². The monoisotopic (exact) mass is 395 g/mol. The van der Waals surface area contributed by atoms with Crippen LogP contribution in [0, 0.1) is 11.6 Å². The fourth-order valence-electron chi connectivity index (χ4n) is 2.87. The fourth-order valence-corrected chi connectivity index (χ4v) is 4.03. The van der Waals surface area contributed by atoms with Gasteiger partial charge in [-0.15, -0.1) is 10.2 Å². The van der Waals surface area contributed by atoms with Gasteiger partial charge in [0, 0.05) is 31.4 Å². The first kappa shape index (κ1) is 17.7. The van der Waals surface area contributed by atoms with Gasteiger partial charge < -0.3 is 4.57 Å². The summed E-state index contributed by atoms with van der Waals surface area (Å²) in [5, 5.41) is 7.79. The number of nitrogens with zero attached hydrogens (tertiary/aromatic N) is 4. The lowest BCUT2D eigenvalue weighted by atomic mass is 10.3. The van der Waals surface area contributed by atoms with Crippen molar-refractivity contribution in [1.82, 2.24) is 23.9 Å². The minimum absolute atomic E-state index is 0.0867. The zero-order valence-electron chi connectivity index (χ0n) is 14.0. The minimum Gasteiger partial charge on any atom is -0.308 e. The number of benzene rings is 1. The summed E-state index contributed by atoms with van der Waals surface area (Å²) in [5.74, 6) is -1.98. The number of rotatable bonds is 6. The third-order valence-corrected chi connectivity index (χ3v) is 5.85. The average Bonchev–Trinajstić information content (AvgIpc) is 3.36. The lowest BCUT2D eigenvalue weighted by Gasteiger charge is -2.08. The average molecular weight is 395 g/mol. The van der Waals surface area contributed by atoms with E-state index in [0.717, 1.165) is 31.0 Å². The molecule has 2 heterocycles. The van der Waals surface area contributed by atoms with Crippen LogP contribution in [0.25, 0.3) is 5.65 Å². The van der Waals surface area contributed by atoms with Crippen molar-refractivity contribution in [3.05, 3.63) is 58.4 Å². The predicted octanol–water partition coefficient (Wildman–Crippen LogP) is 1.03. The standard InChI is InChI=1S/C16H15F2N5O3S/c17-11-2-1-3-12(18)14(11)27(25,26)19-7-6-13-20-21-15-16(24)22(10-4-5-10)8-9-23(13)15/h1-3,8-10,19H,4-7H2. The normalized spacial score (nSPS) is 14.7. The molecule has 2 aromatic heterocycles. The molecule has 1 aliphatic rings. The number of hydrogen-bond acceptors (Lipinski definition) is 5. The summed E-state index contributed by atoms with van der Waals surface area (Å²) < 4.78 is 56.9. The second kappa shape index (κ2) is 6.50. The summed E-state index contributed by atoms with van der Waals surface area (Å²) >= 11 is 0. The highest BCUT2D eigenvalue weighted by Crippen LogP contribution is 2.33. The summed E-state index contributed by atoms with van der Waals surface area (Å²) in [5.41, 5.74) is -0.102. The van der Waals surface area contributed by atoms with Crippen molar-refractivity contribution in [3.63, 3.8) is 0 Å². The van der Waals surface area contributed by atoms with Crippen LogP contribution in [0.5, 0.6) is 0 Å². The van der Waals surface area contributed by atoms with Crippen LogP contribution in [0.2, 0.25) is 0 Å². The second-order valence-corrected chi connectivity index (χ2v) is 7.95. The molecule has 0 saturated heterocycles. The van der Waals surface area contributed by atoms with Crippen LogP contribution >= 0.6 is 0 Å². The van der Waals surface area contributed by atoms with Gasteiger partial charge in [0.15, 0.2) is 4.90 Å². The number of halogens is 2. The second-order valence-electron chi connectivity index (χ2n) is 6.25. The van der Waals surface area contributed by atoms with Crippen molar-refractivity contribution in [1.29, 1.82) is 0 Å². The van der Waals surface area contributed by atoms with Crippen LogP contribution in [0.3, 0.4) is 0 Å². The van der Waals surface area contributed by atoms with Gasteiger partial charge in [0.2, 0.25) is 15.7 Å². The quantitative estimate of drug-likeness (QED) is 0.672. The number of fused-ring (bicyclic) bond motifs is 1. The zero-order chi connectivity index (χ0) is 19.2. The smallest absolute Gasteiger partial charge is 0.296 e. The van der Waals surface area contributed by atoms with Crippen molar-refractivity contribution >= 4 is 15.7 Å². The lowest BCUT2D eigenvalue weighted by molar-refractivity contribution is 0.514. The van der Waals surface area contributed by atoms with Gasteiger partial charge in [-0.1, -0.05) is 6.07 Å². The van der Waals surface area contributed by atoms with Gasteiger partial charge in [0.1, 0.15) is 17.5 Å². The molecule has 0 unspecified atom stereocenters. The number of hydrogen-bond donors (Lipinski definition) is 1. The Morgan fingerprint density at radius 1 is 1.15 bits per heavy atom. The molecule has 0 aliphatic heterocycles. The van der Waals surface area contributed by atoms with Gasteiger partial charge in [-0.05, 0) is 25.0 Å². The summed E-state index contributed by atoms with van der Waals surface area (Å²) in [6.07, 6.45) is 5.29.